The fourth-order valence-electron chi connectivity index (χ4n) is 2.61. The van der Waals surface area contributed by atoms with Gasteiger partial charge in [0.25, 0.3) is 11.5 Å². The lowest BCUT2D eigenvalue weighted by Gasteiger charge is -2.28. The number of furan rings is 1. The van der Waals surface area contributed by atoms with Gasteiger partial charge >= 0.3 is 5.97 Å². The monoisotopic (exact) mass is 335 g/mol. The summed E-state index contributed by atoms with van der Waals surface area (Å²) in [4.78, 5) is 44.5. The first kappa shape index (κ1) is 16.2. The average molecular weight is 335 g/mol. The summed E-state index contributed by atoms with van der Waals surface area (Å²) in [6, 6.07) is 0. The second kappa shape index (κ2) is 6.44. The van der Waals surface area contributed by atoms with Crippen LogP contribution in [-0.4, -0.2) is 59.2 Å². The van der Waals surface area contributed by atoms with Crippen LogP contribution < -0.4 is 5.56 Å². The number of aromatic amines is 1. The highest BCUT2D eigenvalue weighted by molar-refractivity contribution is 6.04. The Balaban J connectivity index is 1.81. The Morgan fingerprint density at radius 3 is 2.79 bits per heavy atom. The lowest BCUT2D eigenvalue weighted by Crippen LogP contribution is -2.46. The number of carbonyl (C=O) groups excluding carboxylic acids is 2. The number of esters is 1. The third kappa shape index (κ3) is 2.90. The molecule has 0 saturated carbocycles. The number of carbonyl (C=O) groups is 2. The SMILES string of the molecule is Cc1oc2nc[nH]c(=O)c2c1C(=O)O[C@@H](C)C(=O)N1CCOCC1. The zero-order valence-electron chi connectivity index (χ0n) is 13.3. The Hall–Kier alpha value is -2.68. The summed E-state index contributed by atoms with van der Waals surface area (Å²) in [6.45, 7) is 4.86. The quantitative estimate of drug-likeness (QED) is 0.798. The van der Waals surface area contributed by atoms with Crippen LogP contribution in [0.5, 0.6) is 0 Å². The molecule has 24 heavy (non-hydrogen) atoms. The zero-order chi connectivity index (χ0) is 17.3. The van der Waals surface area contributed by atoms with E-state index in [0.717, 1.165) is 0 Å². The third-order valence-electron chi connectivity index (χ3n) is 3.83. The number of amides is 1. The molecule has 1 saturated heterocycles. The van der Waals surface area contributed by atoms with Crippen LogP contribution in [-0.2, 0) is 14.3 Å². The minimum atomic E-state index is -0.976. The van der Waals surface area contributed by atoms with Gasteiger partial charge in [-0.3, -0.25) is 9.59 Å². The van der Waals surface area contributed by atoms with Crippen molar-refractivity contribution in [2.45, 2.75) is 20.0 Å². The van der Waals surface area contributed by atoms with Crippen LogP contribution in [0.3, 0.4) is 0 Å². The molecule has 0 bridgehead atoms. The number of fused-ring (bicyclic) bond motifs is 1. The molecule has 0 unspecified atom stereocenters. The van der Waals surface area contributed by atoms with Crippen LogP contribution in [0.2, 0.25) is 0 Å². The first-order valence-corrected chi connectivity index (χ1v) is 7.53. The Kier molecular flexibility index (Phi) is 4.34. The van der Waals surface area contributed by atoms with E-state index in [-0.39, 0.29) is 28.3 Å². The molecule has 0 aromatic carbocycles. The normalized spacial score (nSPS) is 16.2. The number of hydrogen-bond donors (Lipinski definition) is 1. The van der Waals surface area contributed by atoms with E-state index in [4.69, 9.17) is 13.9 Å². The van der Waals surface area contributed by atoms with E-state index in [9.17, 15) is 14.4 Å². The molecule has 1 fully saturated rings. The summed E-state index contributed by atoms with van der Waals surface area (Å²) in [5.74, 6) is -0.881. The van der Waals surface area contributed by atoms with Gasteiger partial charge in [-0.2, -0.15) is 0 Å². The molecule has 3 rings (SSSR count). The maximum Gasteiger partial charge on any atom is 0.343 e. The highest BCUT2D eigenvalue weighted by Crippen LogP contribution is 2.22. The van der Waals surface area contributed by atoms with Crippen LogP contribution in [0.25, 0.3) is 11.1 Å². The van der Waals surface area contributed by atoms with Crippen molar-refractivity contribution in [3.8, 4) is 0 Å². The Morgan fingerprint density at radius 2 is 2.08 bits per heavy atom. The smallest absolute Gasteiger partial charge is 0.343 e. The van der Waals surface area contributed by atoms with Gasteiger partial charge in [0.05, 0.1) is 19.5 Å². The van der Waals surface area contributed by atoms with Crippen LogP contribution in [0.15, 0.2) is 15.5 Å². The summed E-state index contributed by atoms with van der Waals surface area (Å²) < 4.78 is 15.7. The fraction of sp³-hybridized carbons (Fsp3) is 0.467. The molecule has 1 aliphatic heterocycles. The molecule has 1 aliphatic rings. The molecule has 9 nitrogen and oxygen atoms in total. The number of nitrogens with one attached hydrogen (secondary N) is 1. The van der Waals surface area contributed by atoms with Crippen LogP contribution >= 0.6 is 0 Å². The lowest BCUT2D eigenvalue weighted by molar-refractivity contribution is -0.143. The molecule has 0 radical (unpaired) electrons. The number of H-pyrrole nitrogens is 1. The van der Waals surface area contributed by atoms with E-state index in [1.807, 2.05) is 0 Å². The first-order valence-electron chi connectivity index (χ1n) is 7.53. The molecule has 3 heterocycles. The zero-order valence-corrected chi connectivity index (χ0v) is 13.3. The molecule has 1 amide bonds. The highest BCUT2D eigenvalue weighted by Gasteiger charge is 2.29. The molecule has 1 N–H and O–H groups in total. The summed E-state index contributed by atoms with van der Waals surface area (Å²) in [5.41, 5.74) is -0.465. The van der Waals surface area contributed by atoms with E-state index >= 15 is 0 Å². The largest absolute Gasteiger partial charge is 0.449 e. The molecule has 0 aliphatic carbocycles. The summed E-state index contributed by atoms with van der Waals surface area (Å²) >= 11 is 0. The number of nitrogens with zero attached hydrogens (tertiary/aromatic N) is 2. The standard InChI is InChI=1S/C15H17N3O6/c1-8-10(11-12(19)16-7-17-13(11)23-8)15(21)24-9(2)14(20)18-3-5-22-6-4-18/h7,9H,3-6H2,1-2H3,(H,16,17,19)/t9-/m0/s1. The van der Waals surface area contributed by atoms with Gasteiger partial charge < -0.3 is 23.8 Å². The highest BCUT2D eigenvalue weighted by atomic mass is 16.5. The molecular formula is C15H17N3O6. The maximum atomic E-state index is 12.4. The van der Waals surface area contributed by atoms with Gasteiger partial charge in [0.2, 0.25) is 5.71 Å². The van der Waals surface area contributed by atoms with Crippen molar-refractivity contribution in [3.63, 3.8) is 0 Å². The Bertz CT molecular complexity index is 833. The minimum absolute atomic E-state index is 0.0130. The van der Waals surface area contributed by atoms with Gasteiger partial charge in [-0.1, -0.05) is 0 Å². The van der Waals surface area contributed by atoms with Crippen molar-refractivity contribution in [1.82, 2.24) is 14.9 Å². The van der Waals surface area contributed by atoms with E-state index in [0.29, 0.717) is 26.3 Å². The van der Waals surface area contributed by atoms with Crippen molar-refractivity contribution >= 4 is 23.0 Å². The fourth-order valence-corrected chi connectivity index (χ4v) is 2.61. The van der Waals surface area contributed by atoms with E-state index in [1.54, 1.807) is 4.90 Å². The number of ether oxygens (including phenoxy) is 2. The summed E-state index contributed by atoms with van der Waals surface area (Å²) in [6.07, 6.45) is 0.212. The third-order valence-corrected chi connectivity index (χ3v) is 3.83. The van der Waals surface area contributed by atoms with E-state index in [1.165, 1.54) is 20.2 Å². The molecular weight excluding hydrogens is 318 g/mol. The lowest BCUT2D eigenvalue weighted by atomic mass is 10.2. The topological polar surface area (TPSA) is 115 Å². The molecule has 1 atom stereocenters. The number of aryl methyl sites for hydroxylation is 1. The molecule has 128 valence electrons. The molecule has 0 spiro atoms. The van der Waals surface area contributed by atoms with Crippen molar-refractivity contribution < 1.29 is 23.5 Å². The van der Waals surface area contributed by atoms with Gasteiger partial charge in [-0.25, -0.2) is 9.78 Å². The maximum absolute atomic E-state index is 12.4. The van der Waals surface area contributed by atoms with E-state index < -0.39 is 17.6 Å². The van der Waals surface area contributed by atoms with Gasteiger partial charge in [-0.15, -0.1) is 0 Å². The van der Waals surface area contributed by atoms with Gasteiger partial charge in [0, 0.05) is 13.1 Å². The van der Waals surface area contributed by atoms with Crippen LogP contribution in [0.4, 0.5) is 0 Å². The van der Waals surface area contributed by atoms with Crippen LogP contribution in [0, 0.1) is 6.92 Å². The molecule has 9 heteroatoms. The van der Waals surface area contributed by atoms with Gasteiger partial charge in [0.15, 0.2) is 6.10 Å². The number of hydrogen-bond acceptors (Lipinski definition) is 7. The molecule has 2 aromatic heterocycles. The van der Waals surface area contributed by atoms with Gasteiger partial charge in [-0.05, 0) is 13.8 Å². The molecule has 2 aromatic rings. The average Bonchev–Trinajstić information content (AvgIpc) is 2.92. The predicted octanol–water partition coefficient (Wildman–Crippen LogP) is 0.229. The Morgan fingerprint density at radius 1 is 1.38 bits per heavy atom. The summed E-state index contributed by atoms with van der Waals surface area (Å²) in [5, 5.41) is 0.0195. The number of rotatable bonds is 3. The van der Waals surface area contributed by atoms with Crippen molar-refractivity contribution in [3.05, 3.63) is 28.0 Å². The number of aromatic nitrogens is 2. The predicted molar refractivity (Wildman–Crippen MR) is 81.6 cm³/mol. The van der Waals surface area contributed by atoms with E-state index in [2.05, 4.69) is 9.97 Å². The van der Waals surface area contributed by atoms with Crippen molar-refractivity contribution in [1.29, 1.82) is 0 Å². The minimum Gasteiger partial charge on any atom is -0.449 e. The first-order chi connectivity index (χ1) is 11.5. The second-order valence-corrected chi connectivity index (χ2v) is 5.43. The van der Waals surface area contributed by atoms with Gasteiger partial charge in [0.1, 0.15) is 16.7 Å². The van der Waals surface area contributed by atoms with Crippen molar-refractivity contribution in [2.75, 3.05) is 26.3 Å². The second-order valence-electron chi connectivity index (χ2n) is 5.43. The number of morpholine rings is 1. The Labute approximate surface area is 136 Å². The summed E-state index contributed by atoms with van der Waals surface area (Å²) in [7, 11) is 0. The van der Waals surface area contributed by atoms with Crippen molar-refractivity contribution in [2.24, 2.45) is 0 Å². The van der Waals surface area contributed by atoms with Crippen LogP contribution in [0.1, 0.15) is 23.0 Å².